The number of nitrogen functional groups attached to an aromatic ring is 1. The van der Waals surface area contributed by atoms with Gasteiger partial charge < -0.3 is 15.8 Å². The first-order chi connectivity index (χ1) is 8.85. The molecular formula is C12H20N4O3. The number of ether oxygens (including phenoxy) is 1. The van der Waals surface area contributed by atoms with Crippen LogP contribution < -0.4 is 11.1 Å². The van der Waals surface area contributed by atoms with Crippen LogP contribution in [0.3, 0.4) is 0 Å². The van der Waals surface area contributed by atoms with E-state index in [0.29, 0.717) is 12.0 Å². The Morgan fingerprint density at radius 1 is 1.58 bits per heavy atom. The number of nitrogens with two attached hydrogens (primary N) is 1. The third kappa shape index (κ3) is 4.06. The molecule has 0 saturated carbocycles. The van der Waals surface area contributed by atoms with Gasteiger partial charge in [-0.2, -0.15) is 0 Å². The highest BCUT2D eigenvalue weighted by Crippen LogP contribution is 2.28. The molecule has 19 heavy (non-hydrogen) atoms. The zero-order valence-electron chi connectivity index (χ0n) is 11.6. The summed E-state index contributed by atoms with van der Waals surface area (Å²) in [7, 11) is 0. The van der Waals surface area contributed by atoms with Gasteiger partial charge in [0, 0.05) is 5.56 Å². The fourth-order valence-corrected chi connectivity index (χ4v) is 1.74. The summed E-state index contributed by atoms with van der Waals surface area (Å²) >= 11 is 0. The van der Waals surface area contributed by atoms with Gasteiger partial charge >= 0.3 is 5.69 Å². The van der Waals surface area contributed by atoms with Crippen LogP contribution in [0.4, 0.5) is 17.3 Å². The standard InChI is InChI=1S/C12H20N4O3/c1-5-10(19-7(2)3)15-12-11(16(17)18)8(4)6-9(13)14-12/h6-7,10H,5H2,1-4H3,(H3,13,14,15). The number of hydrogen-bond acceptors (Lipinski definition) is 6. The van der Waals surface area contributed by atoms with Gasteiger partial charge in [0.2, 0.25) is 5.82 Å². The smallest absolute Gasteiger partial charge is 0.314 e. The molecule has 0 fully saturated rings. The van der Waals surface area contributed by atoms with Crippen LogP contribution in [0, 0.1) is 17.0 Å². The number of nitrogens with zero attached hydrogens (tertiary/aromatic N) is 2. The number of nitrogens with one attached hydrogen (secondary N) is 1. The van der Waals surface area contributed by atoms with Crippen LogP contribution in [-0.4, -0.2) is 22.2 Å². The maximum absolute atomic E-state index is 11.1. The third-order valence-corrected chi connectivity index (χ3v) is 2.49. The molecule has 0 aromatic carbocycles. The van der Waals surface area contributed by atoms with Crippen LogP contribution >= 0.6 is 0 Å². The Bertz CT molecular complexity index is 463. The molecule has 0 aliphatic rings. The van der Waals surface area contributed by atoms with Crippen molar-refractivity contribution in [3.8, 4) is 0 Å². The van der Waals surface area contributed by atoms with E-state index < -0.39 is 4.92 Å². The van der Waals surface area contributed by atoms with Gasteiger partial charge in [0.05, 0.1) is 11.0 Å². The van der Waals surface area contributed by atoms with Crippen molar-refractivity contribution in [2.75, 3.05) is 11.1 Å². The van der Waals surface area contributed by atoms with Gasteiger partial charge in [-0.25, -0.2) is 4.98 Å². The molecule has 1 unspecified atom stereocenters. The lowest BCUT2D eigenvalue weighted by Crippen LogP contribution is -2.26. The van der Waals surface area contributed by atoms with E-state index in [1.165, 1.54) is 6.07 Å². The maximum Gasteiger partial charge on any atom is 0.314 e. The molecule has 106 valence electrons. The number of anilines is 2. The highest BCUT2D eigenvalue weighted by Gasteiger charge is 2.22. The second-order valence-electron chi connectivity index (χ2n) is 4.54. The average molecular weight is 268 g/mol. The van der Waals surface area contributed by atoms with Crippen LogP contribution in [0.25, 0.3) is 0 Å². The van der Waals surface area contributed by atoms with Gasteiger partial charge in [0.1, 0.15) is 12.0 Å². The fraction of sp³-hybridized carbons (Fsp3) is 0.583. The Labute approximate surface area is 112 Å². The summed E-state index contributed by atoms with van der Waals surface area (Å²) < 4.78 is 5.60. The van der Waals surface area contributed by atoms with Gasteiger partial charge in [-0.1, -0.05) is 6.92 Å². The molecule has 0 bridgehead atoms. The molecule has 0 amide bonds. The van der Waals surface area contributed by atoms with Crippen molar-refractivity contribution in [2.45, 2.75) is 46.4 Å². The molecule has 3 N–H and O–H groups in total. The molecule has 7 heteroatoms. The number of rotatable bonds is 6. The third-order valence-electron chi connectivity index (χ3n) is 2.49. The Hall–Kier alpha value is -1.89. The largest absolute Gasteiger partial charge is 0.384 e. The summed E-state index contributed by atoms with van der Waals surface area (Å²) in [6.45, 7) is 7.35. The summed E-state index contributed by atoms with van der Waals surface area (Å²) in [5.41, 5.74) is 6.03. The van der Waals surface area contributed by atoms with Gasteiger partial charge in [-0.05, 0) is 33.3 Å². The first-order valence-electron chi connectivity index (χ1n) is 6.18. The van der Waals surface area contributed by atoms with E-state index in [-0.39, 0.29) is 29.7 Å². The second kappa shape index (κ2) is 6.33. The van der Waals surface area contributed by atoms with Crippen molar-refractivity contribution in [1.82, 2.24) is 4.98 Å². The zero-order valence-corrected chi connectivity index (χ0v) is 11.6. The van der Waals surface area contributed by atoms with E-state index in [2.05, 4.69) is 10.3 Å². The number of nitro groups is 1. The van der Waals surface area contributed by atoms with E-state index in [4.69, 9.17) is 10.5 Å². The van der Waals surface area contributed by atoms with Crippen molar-refractivity contribution in [2.24, 2.45) is 0 Å². The minimum Gasteiger partial charge on any atom is -0.384 e. The number of aryl methyl sites for hydroxylation is 1. The molecule has 7 nitrogen and oxygen atoms in total. The molecule has 1 heterocycles. The summed E-state index contributed by atoms with van der Waals surface area (Å²) in [6, 6.07) is 1.48. The van der Waals surface area contributed by atoms with Gasteiger partial charge in [0.15, 0.2) is 0 Å². The Kier molecular flexibility index (Phi) is 5.05. The van der Waals surface area contributed by atoms with Crippen LogP contribution in [-0.2, 0) is 4.74 Å². The Balaban J connectivity index is 3.07. The predicted molar refractivity (Wildman–Crippen MR) is 74.0 cm³/mol. The lowest BCUT2D eigenvalue weighted by atomic mass is 10.2. The molecular weight excluding hydrogens is 248 g/mol. The first-order valence-corrected chi connectivity index (χ1v) is 6.18. The molecule has 1 rings (SSSR count). The maximum atomic E-state index is 11.1. The average Bonchev–Trinajstić information content (AvgIpc) is 2.25. The van der Waals surface area contributed by atoms with Crippen molar-refractivity contribution >= 4 is 17.3 Å². The molecule has 0 aliphatic carbocycles. The molecule has 0 spiro atoms. The lowest BCUT2D eigenvalue weighted by molar-refractivity contribution is -0.384. The van der Waals surface area contributed by atoms with Crippen LogP contribution in [0.1, 0.15) is 32.8 Å². The quantitative estimate of drug-likeness (QED) is 0.466. The predicted octanol–water partition coefficient (Wildman–Crippen LogP) is 2.45. The molecule has 0 aliphatic heterocycles. The van der Waals surface area contributed by atoms with Gasteiger partial charge in [-0.3, -0.25) is 10.1 Å². The van der Waals surface area contributed by atoms with Crippen molar-refractivity contribution in [1.29, 1.82) is 0 Å². The number of pyridine rings is 1. The monoisotopic (exact) mass is 268 g/mol. The van der Waals surface area contributed by atoms with E-state index in [0.717, 1.165) is 0 Å². The number of aromatic nitrogens is 1. The van der Waals surface area contributed by atoms with E-state index >= 15 is 0 Å². The van der Waals surface area contributed by atoms with Gasteiger partial charge in [-0.15, -0.1) is 0 Å². The lowest BCUT2D eigenvalue weighted by Gasteiger charge is -2.21. The highest BCUT2D eigenvalue weighted by molar-refractivity contribution is 5.64. The molecule has 1 aromatic heterocycles. The first kappa shape index (κ1) is 15.2. The summed E-state index contributed by atoms with van der Waals surface area (Å²) in [6.07, 6.45) is 0.330. The normalized spacial score (nSPS) is 12.5. The van der Waals surface area contributed by atoms with Crippen LogP contribution in [0.15, 0.2) is 6.07 Å². The van der Waals surface area contributed by atoms with Crippen LogP contribution in [0.2, 0.25) is 0 Å². The summed E-state index contributed by atoms with van der Waals surface area (Å²) in [5.74, 6) is 0.389. The second-order valence-corrected chi connectivity index (χ2v) is 4.54. The molecule has 1 aromatic rings. The van der Waals surface area contributed by atoms with E-state index in [9.17, 15) is 10.1 Å². The minimum atomic E-state index is -0.466. The number of hydrogen-bond donors (Lipinski definition) is 2. The van der Waals surface area contributed by atoms with E-state index in [1.54, 1.807) is 6.92 Å². The van der Waals surface area contributed by atoms with Crippen molar-refractivity contribution < 1.29 is 9.66 Å². The fourth-order valence-electron chi connectivity index (χ4n) is 1.74. The Morgan fingerprint density at radius 3 is 2.68 bits per heavy atom. The van der Waals surface area contributed by atoms with Crippen molar-refractivity contribution in [3.63, 3.8) is 0 Å². The topological polar surface area (TPSA) is 103 Å². The Morgan fingerprint density at radius 2 is 2.21 bits per heavy atom. The SMILES string of the molecule is CCC(Nc1nc(N)cc(C)c1[N+](=O)[O-])OC(C)C. The summed E-state index contributed by atoms with van der Waals surface area (Å²) in [5, 5.41) is 14.0. The molecule has 1 atom stereocenters. The van der Waals surface area contributed by atoms with E-state index in [1.807, 2.05) is 20.8 Å². The molecule has 0 saturated heterocycles. The van der Waals surface area contributed by atoms with Crippen molar-refractivity contribution in [3.05, 3.63) is 21.7 Å². The highest BCUT2D eigenvalue weighted by atomic mass is 16.6. The molecule has 0 radical (unpaired) electrons. The van der Waals surface area contributed by atoms with Gasteiger partial charge in [0.25, 0.3) is 0 Å². The minimum absolute atomic E-state index is 0.0127. The zero-order chi connectivity index (χ0) is 14.6. The summed E-state index contributed by atoms with van der Waals surface area (Å²) in [4.78, 5) is 14.6. The van der Waals surface area contributed by atoms with Crippen LogP contribution in [0.5, 0.6) is 0 Å².